The molecule has 0 saturated carbocycles. The van der Waals surface area contributed by atoms with Crippen LogP contribution in [0.4, 0.5) is 0 Å². The van der Waals surface area contributed by atoms with Crippen LogP contribution >= 0.6 is 0 Å². The maximum absolute atomic E-state index is 11.4. The van der Waals surface area contributed by atoms with E-state index < -0.39 is 5.97 Å². The van der Waals surface area contributed by atoms with Gasteiger partial charge in [-0.15, -0.1) is 0 Å². The Morgan fingerprint density at radius 2 is 2.27 bits per heavy atom. The lowest BCUT2D eigenvalue weighted by atomic mass is 9.98. The normalized spacial score (nSPS) is 9.47. The summed E-state index contributed by atoms with van der Waals surface area (Å²) in [4.78, 5) is 11.4. The third-order valence-corrected chi connectivity index (χ3v) is 2.26. The summed E-state index contributed by atoms with van der Waals surface area (Å²) >= 11 is 0. The first-order valence-electron chi connectivity index (χ1n) is 4.37. The number of aliphatic hydroxyl groups is 1. The van der Waals surface area contributed by atoms with Crippen LogP contribution in [0, 0.1) is 18.3 Å². The van der Waals surface area contributed by atoms with Gasteiger partial charge in [-0.2, -0.15) is 5.26 Å². The van der Waals surface area contributed by atoms with Crippen molar-refractivity contribution in [2.75, 3.05) is 7.11 Å². The molecule has 0 aliphatic carbocycles. The Morgan fingerprint density at radius 1 is 1.60 bits per heavy atom. The molecule has 1 rings (SSSR count). The molecular formula is C11H11NO3. The number of esters is 1. The second kappa shape index (κ2) is 4.58. The van der Waals surface area contributed by atoms with E-state index in [9.17, 15) is 4.79 Å². The first-order valence-corrected chi connectivity index (χ1v) is 4.37. The molecular weight excluding hydrogens is 194 g/mol. The fourth-order valence-corrected chi connectivity index (χ4v) is 1.38. The predicted molar refractivity (Wildman–Crippen MR) is 53.2 cm³/mol. The number of carbonyl (C=O) groups excluding carboxylic acids is 1. The van der Waals surface area contributed by atoms with Gasteiger partial charge in [0.05, 0.1) is 24.8 Å². The van der Waals surface area contributed by atoms with Crippen molar-refractivity contribution in [1.82, 2.24) is 0 Å². The van der Waals surface area contributed by atoms with Crippen LogP contribution in [0.2, 0.25) is 0 Å². The third-order valence-electron chi connectivity index (χ3n) is 2.26. The van der Waals surface area contributed by atoms with Gasteiger partial charge in [0, 0.05) is 0 Å². The summed E-state index contributed by atoms with van der Waals surface area (Å²) in [5, 5.41) is 17.9. The minimum absolute atomic E-state index is 0.165. The van der Waals surface area contributed by atoms with E-state index >= 15 is 0 Å². The van der Waals surface area contributed by atoms with Crippen LogP contribution in [0.15, 0.2) is 12.1 Å². The number of carbonyl (C=O) groups is 1. The molecule has 15 heavy (non-hydrogen) atoms. The lowest BCUT2D eigenvalue weighted by Crippen LogP contribution is -2.08. The van der Waals surface area contributed by atoms with Crippen LogP contribution < -0.4 is 0 Å². The maximum atomic E-state index is 11.4. The van der Waals surface area contributed by atoms with E-state index in [0.717, 1.165) is 0 Å². The molecule has 0 atom stereocenters. The Bertz CT molecular complexity index is 432. The van der Waals surface area contributed by atoms with Crippen molar-refractivity contribution in [3.05, 3.63) is 34.4 Å². The second-order valence-electron chi connectivity index (χ2n) is 3.03. The second-order valence-corrected chi connectivity index (χ2v) is 3.03. The summed E-state index contributed by atoms with van der Waals surface area (Å²) in [5.41, 5.74) is 1.70. The zero-order chi connectivity index (χ0) is 11.4. The van der Waals surface area contributed by atoms with E-state index in [-0.39, 0.29) is 17.7 Å². The highest BCUT2D eigenvalue weighted by molar-refractivity contribution is 5.94. The van der Waals surface area contributed by atoms with Gasteiger partial charge in [0.1, 0.15) is 6.07 Å². The average Bonchev–Trinajstić information content (AvgIpc) is 2.27. The van der Waals surface area contributed by atoms with E-state index in [1.807, 2.05) is 6.07 Å². The van der Waals surface area contributed by atoms with Gasteiger partial charge in [-0.3, -0.25) is 0 Å². The largest absolute Gasteiger partial charge is 0.465 e. The van der Waals surface area contributed by atoms with Crippen LogP contribution in [0.1, 0.15) is 27.0 Å². The molecule has 0 saturated heterocycles. The Morgan fingerprint density at radius 3 is 2.73 bits per heavy atom. The van der Waals surface area contributed by atoms with E-state index in [0.29, 0.717) is 11.1 Å². The first-order chi connectivity index (χ1) is 7.15. The zero-order valence-corrected chi connectivity index (χ0v) is 8.57. The van der Waals surface area contributed by atoms with Crippen molar-refractivity contribution in [3.8, 4) is 6.07 Å². The van der Waals surface area contributed by atoms with Gasteiger partial charge in [0.2, 0.25) is 0 Å². The van der Waals surface area contributed by atoms with Gasteiger partial charge < -0.3 is 9.84 Å². The predicted octanol–water partition coefficient (Wildman–Crippen LogP) is 1.15. The highest BCUT2D eigenvalue weighted by Gasteiger charge is 2.16. The van der Waals surface area contributed by atoms with Crippen LogP contribution in [0.25, 0.3) is 0 Å². The minimum atomic E-state index is -0.556. The first kappa shape index (κ1) is 11.2. The number of methoxy groups -OCH3 is 1. The van der Waals surface area contributed by atoms with Gasteiger partial charge in [-0.1, -0.05) is 6.07 Å². The number of aliphatic hydroxyl groups excluding tert-OH is 1. The number of rotatable bonds is 2. The van der Waals surface area contributed by atoms with Crippen LogP contribution in [0.5, 0.6) is 0 Å². The number of benzene rings is 1. The number of nitrogens with zero attached hydrogens (tertiary/aromatic N) is 1. The molecule has 0 unspecified atom stereocenters. The summed E-state index contributed by atoms with van der Waals surface area (Å²) in [5.74, 6) is -0.556. The standard InChI is InChI=1S/C11H11NO3/c1-7-9(6-13)4-3-8(5-12)10(7)11(14)15-2/h3-4,13H,6H2,1-2H3. The number of hydrogen-bond donors (Lipinski definition) is 1. The summed E-state index contributed by atoms with van der Waals surface area (Å²) < 4.78 is 4.59. The number of hydrogen-bond acceptors (Lipinski definition) is 4. The van der Waals surface area contributed by atoms with Crippen molar-refractivity contribution in [2.24, 2.45) is 0 Å². The number of nitriles is 1. The highest BCUT2D eigenvalue weighted by Crippen LogP contribution is 2.19. The smallest absolute Gasteiger partial charge is 0.339 e. The molecule has 0 radical (unpaired) electrons. The van der Waals surface area contributed by atoms with Crippen LogP contribution in [0.3, 0.4) is 0 Å². The van der Waals surface area contributed by atoms with E-state index in [2.05, 4.69) is 4.74 Å². The summed E-state index contributed by atoms with van der Waals surface area (Å²) in [6.07, 6.45) is 0. The molecule has 1 aromatic carbocycles. The molecule has 0 aliphatic rings. The SMILES string of the molecule is COC(=O)c1c(C#N)ccc(CO)c1C. The lowest BCUT2D eigenvalue weighted by Gasteiger charge is -2.09. The van der Waals surface area contributed by atoms with Gasteiger partial charge in [0.25, 0.3) is 0 Å². The molecule has 0 amide bonds. The zero-order valence-electron chi connectivity index (χ0n) is 8.57. The highest BCUT2D eigenvalue weighted by atomic mass is 16.5. The van der Waals surface area contributed by atoms with Crippen molar-refractivity contribution in [2.45, 2.75) is 13.5 Å². The van der Waals surface area contributed by atoms with Gasteiger partial charge in [-0.05, 0) is 24.1 Å². The fraction of sp³-hybridized carbons (Fsp3) is 0.273. The summed E-state index contributed by atoms with van der Waals surface area (Å²) in [7, 11) is 1.26. The number of ether oxygens (including phenoxy) is 1. The molecule has 0 fully saturated rings. The van der Waals surface area contributed by atoms with Crippen molar-refractivity contribution in [1.29, 1.82) is 5.26 Å². The molecule has 1 aromatic rings. The van der Waals surface area contributed by atoms with Crippen molar-refractivity contribution in [3.63, 3.8) is 0 Å². The molecule has 4 heteroatoms. The van der Waals surface area contributed by atoms with E-state index in [4.69, 9.17) is 10.4 Å². The summed E-state index contributed by atoms with van der Waals surface area (Å²) in [6, 6.07) is 5.05. The Labute approximate surface area is 87.7 Å². The third kappa shape index (κ3) is 1.97. The molecule has 4 nitrogen and oxygen atoms in total. The van der Waals surface area contributed by atoms with Crippen LogP contribution in [-0.4, -0.2) is 18.2 Å². The van der Waals surface area contributed by atoms with Gasteiger partial charge >= 0.3 is 5.97 Å². The molecule has 1 N–H and O–H groups in total. The molecule has 0 aromatic heterocycles. The Balaban J connectivity index is 3.44. The van der Waals surface area contributed by atoms with Gasteiger partial charge in [-0.25, -0.2) is 4.79 Å². The van der Waals surface area contributed by atoms with E-state index in [1.54, 1.807) is 13.0 Å². The molecule has 0 bridgehead atoms. The summed E-state index contributed by atoms with van der Waals surface area (Å²) in [6.45, 7) is 1.51. The lowest BCUT2D eigenvalue weighted by molar-refractivity contribution is 0.0599. The van der Waals surface area contributed by atoms with E-state index in [1.165, 1.54) is 13.2 Å². The molecule has 0 spiro atoms. The van der Waals surface area contributed by atoms with Crippen molar-refractivity contribution >= 4 is 5.97 Å². The maximum Gasteiger partial charge on any atom is 0.339 e. The van der Waals surface area contributed by atoms with Crippen molar-refractivity contribution < 1.29 is 14.6 Å². The Hall–Kier alpha value is -1.86. The average molecular weight is 205 g/mol. The topological polar surface area (TPSA) is 70.3 Å². The molecule has 78 valence electrons. The monoisotopic (exact) mass is 205 g/mol. The van der Waals surface area contributed by atoms with Crippen LogP contribution in [-0.2, 0) is 11.3 Å². The quantitative estimate of drug-likeness (QED) is 0.735. The Kier molecular flexibility index (Phi) is 3.42. The molecule has 0 heterocycles. The fourth-order valence-electron chi connectivity index (χ4n) is 1.38. The molecule has 0 aliphatic heterocycles. The van der Waals surface area contributed by atoms with Gasteiger partial charge in [0.15, 0.2) is 0 Å². The minimum Gasteiger partial charge on any atom is -0.465 e.